The van der Waals surface area contributed by atoms with Gasteiger partial charge in [-0.05, 0) is 29.4 Å². The van der Waals surface area contributed by atoms with Crippen LogP contribution >= 0.6 is 0 Å². The van der Waals surface area contributed by atoms with E-state index in [2.05, 4.69) is 65.1 Å². The molecule has 4 heteroatoms. The average Bonchev–Trinajstić information content (AvgIpc) is 2.66. The van der Waals surface area contributed by atoms with Gasteiger partial charge in [0.1, 0.15) is 12.1 Å². The number of nitrogens with zero attached hydrogens (tertiary/aromatic N) is 3. The highest BCUT2D eigenvalue weighted by atomic mass is 16.5. The van der Waals surface area contributed by atoms with Crippen LogP contribution in [0.3, 0.4) is 0 Å². The van der Waals surface area contributed by atoms with E-state index in [0.29, 0.717) is 5.92 Å². The topological polar surface area (TPSA) is 38.2 Å². The molecule has 0 radical (unpaired) electrons. The van der Waals surface area contributed by atoms with E-state index < -0.39 is 0 Å². The molecule has 2 aromatic carbocycles. The van der Waals surface area contributed by atoms with Crippen LogP contribution in [0, 0.1) is 0 Å². The molecule has 1 aromatic heterocycles. The van der Waals surface area contributed by atoms with E-state index in [-0.39, 0.29) is 0 Å². The normalized spacial score (nSPS) is 14.0. The Labute approximate surface area is 148 Å². The van der Waals surface area contributed by atoms with Crippen molar-refractivity contribution in [2.75, 3.05) is 18.6 Å². The SMILES string of the molecule is COc1cc(N2CCc3c(ncnc3C(C)C)C2)c2ccccc2c1. The molecule has 3 aromatic rings. The Morgan fingerprint density at radius 2 is 1.96 bits per heavy atom. The largest absolute Gasteiger partial charge is 0.497 e. The summed E-state index contributed by atoms with van der Waals surface area (Å²) in [5.41, 5.74) is 4.89. The highest BCUT2D eigenvalue weighted by Crippen LogP contribution is 2.35. The summed E-state index contributed by atoms with van der Waals surface area (Å²) < 4.78 is 5.52. The lowest BCUT2D eigenvalue weighted by molar-refractivity contribution is 0.415. The summed E-state index contributed by atoms with van der Waals surface area (Å²) in [5, 5.41) is 2.46. The van der Waals surface area contributed by atoms with Gasteiger partial charge < -0.3 is 9.64 Å². The summed E-state index contributed by atoms with van der Waals surface area (Å²) in [4.78, 5) is 11.5. The van der Waals surface area contributed by atoms with Gasteiger partial charge in [0.05, 0.1) is 19.3 Å². The second-order valence-electron chi connectivity index (χ2n) is 6.88. The zero-order valence-electron chi connectivity index (χ0n) is 15.0. The molecule has 1 aliphatic heterocycles. The second-order valence-corrected chi connectivity index (χ2v) is 6.88. The number of methoxy groups -OCH3 is 1. The zero-order valence-corrected chi connectivity index (χ0v) is 15.0. The molecule has 4 rings (SSSR count). The van der Waals surface area contributed by atoms with E-state index >= 15 is 0 Å². The van der Waals surface area contributed by atoms with Gasteiger partial charge in [-0.15, -0.1) is 0 Å². The van der Waals surface area contributed by atoms with Crippen molar-refractivity contribution in [2.45, 2.75) is 32.7 Å². The second kappa shape index (κ2) is 6.36. The lowest BCUT2D eigenvalue weighted by Crippen LogP contribution is -2.32. The molecule has 0 atom stereocenters. The molecule has 0 fully saturated rings. The minimum atomic E-state index is 0.431. The van der Waals surface area contributed by atoms with Crippen LogP contribution < -0.4 is 9.64 Å². The average molecular weight is 333 g/mol. The Hall–Kier alpha value is -2.62. The molecular formula is C21H23N3O. The predicted octanol–water partition coefficient (Wildman–Crippen LogP) is 4.32. The van der Waals surface area contributed by atoms with Crippen molar-refractivity contribution in [2.24, 2.45) is 0 Å². The number of benzene rings is 2. The van der Waals surface area contributed by atoms with Crippen molar-refractivity contribution in [1.29, 1.82) is 0 Å². The zero-order chi connectivity index (χ0) is 17.4. The quantitative estimate of drug-likeness (QED) is 0.715. The van der Waals surface area contributed by atoms with Gasteiger partial charge in [-0.25, -0.2) is 9.97 Å². The molecule has 0 saturated carbocycles. The number of anilines is 1. The van der Waals surface area contributed by atoms with Gasteiger partial charge in [0, 0.05) is 29.4 Å². The van der Waals surface area contributed by atoms with Crippen LogP contribution in [-0.2, 0) is 13.0 Å². The number of fused-ring (bicyclic) bond motifs is 2. The first-order valence-corrected chi connectivity index (χ1v) is 8.81. The van der Waals surface area contributed by atoms with Crippen LogP contribution in [0.2, 0.25) is 0 Å². The third kappa shape index (κ3) is 2.82. The number of hydrogen-bond donors (Lipinski definition) is 0. The minimum absolute atomic E-state index is 0.431. The van der Waals surface area contributed by atoms with Crippen molar-refractivity contribution in [3.63, 3.8) is 0 Å². The van der Waals surface area contributed by atoms with Crippen LogP contribution in [0.25, 0.3) is 10.8 Å². The number of ether oxygens (including phenoxy) is 1. The maximum absolute atomic E-state index is 5.52. The molecule has 0 spiro atoms. The van der Waals surface area contributed by atoms with Gasteiger partial charge in [0.15, 0.2) is 0 Å². The van der Waals surface area contributed by atoms with Gasteiger partial charge in [-0.2, -0.15) is 0 Å². The standard InChI is InChI=1S/C21H23N3O/c1-14(2)21-18-8-9-24(12-19(18)22-13-23-21)20-11-16(25-3)10-15-6-4-5-7-17(15)20/h4-7,10-11,13-14H,8-9,12H2,1-3H3. The molecular weight excluding hydrogens is 310 g/mol. The van der Waals surface area contributed by atoms with Crippen molar-refractivity contribution < 1.29 is 4.74 Å². The molecule has 0 amide bonds. The third-order valence-corrected chi connectivity index (χ3v) is 4.98. The van der Waals surface area contributed by atoms with Crippen LogP contribution in [0.5, 0.6) is 5.75 Å². The summed E-state index contributed by atoms with van der Waals surface area (Å²) >= 11 is 0. The molecule has 4 nitrogen and oxygen atoms in total. The summed E-state index contributed by atoms with van der Waals surface area (Å²) in [6.07, 6.45) is 2.69. The van der Waals surface area contributed by atoms with E-state index in [4.69, 9.17) is 4.74 Å². The maximum Gasteiger partial charge on any atom is 0.121 e. The Morgan fingerprint density at radius 3 is 2.76 bits per heavy atom. The lowest BCUT2D eigenvalue weighted by Gasteiger charge is -2.32. The van der Waals surface area contributed by atoms with Crippen molar-refractivity contribution in [3.8, 4) is 5.75 Å². The molecule has 1 aliphatic rings. The van der Waals surface area contributed by atoms with E-state index in [0.717, 1.165) is 31.0 Å². The third-order valence-electron chi connectivity index (χ3n) is 4.98. The smallest absolute Gasteiger partial charge is 0.121 e. The first-order valence-electron chi connectivity index (χ1n) is 8.81. The Bertz CT molecular complexity index is 920. The van der Waals surface area contributed by atoms with Crippen LogP contribution in [-0.4, -0.2) is 23.6 Å². The lowest BCUT2D eigenvalue weighted by atomic mass is 9.96. The van der Waals surface area contributed by atoms with Crippen molar-refractivity contribution in [1.82, 2.24) is 9.97 Å². The molecule has 0 N–H and O–H groups in total. The molecule has 0 unspecified atom stereocenters. The van der Waals surface area contributed by atoms with E-state index in [9.17, 15) is 0 Å². The van der Waals surface area contributed by atoms with Crippen LogP contribution in [0.1, 0.15) is 36.7 Å². The molecule has 25 heavy (non-hydrogen) atoms. The maximum atomic E-state index is 5.52. The molecule has 0 bridgehead atoms. The van der Waals surface area contributed by atoms with Crippen molar-refractivity contribution >= 4 is 16.5 Å². The first kappa shape index (κ1) is 15.9. The van der Waals surface area contributed by atoms with Gasteiger partial charge in [-0.1, -0.05) is 38.1 Å². The van der Waals surface area contributed by atoms with Gasteiger partial charge >= 0.3 is 0 Å². The monoisotopic (exact) mass is 333 g/mol. The van der Waals surface area contributed by atoms with Gasteiger partial charge in [0.25, 0.3) is 0 Å². The van der Waals surface area contributed by atoms with E-state index in [1.54, 1.807) is 13.4 Å². The number of rotatable bonds is 3. The summed E-state index contributed by atoms with van der Waals surface area (Å²) in [5.74, 6) is 1.33. The van der Waals surface area contributed by atoms with Crippen LogP contribution in [0.4, 0.5) is 5.69 Å². The summed E-state index contributed by atoms with van der Waals surface area (Å²) in [7, 11) is 1.72. The minimum Gasteiger partial charge on any atom is -0.497 e. The fourth-order valence-corrected chi connectivity index (χ4v) is 3.73. The molecule has 128 valence electrons. The fraction of sp³-hybridized carbons (Fsp3) is 0.333. The van der Waals surface area contributed by atoms with E-state index in [1.807, 2.05) is 0 Å². The summed E-state index contributed by atoms with van der Waals surface area (Å²) in [6, 6.07) is 12.7. The summed E-state index contributed by atoms with van der Waals surface area (Å²) in [6.45, 7) is 6.18. The number of hydrogen-bond acceptors (Lipinski definition) is 4. The first-order chi connectivity index (χ1) is 12.2. The Morgan fingerprint density at radius 1 is 1.12 bits per heavy atom. The highest BCUT2D eigenvalue weighted by Gasteiger charge is 2.23. The predicted molar refractivity (Wildman–Crippen MR) is 101 cm³/mol. The Kier molecular flexibility index (Phi) is 4.04. The van der Waals surface area contributed by atoms with Crippen molar-refractivity contribution in [3.05, 3.63) is 59.7 Å². The fourth-order valence-electron chi connectivity index (χ4n) is 3.73. The molecule has 2 heterocycles. The number of aromatic nitrogens is 2. The van der Waals surface area contributed by atoms with Crippen LogP contribution in [0.15, 0.2) is 42.7 Å². The van der Waals surface area contributed by atoms with E-state index in [1.165, 1.54) is 27.7 Å². The molecule has 0 saturated heterocycles. The molecule has 0 aliphatic carbocycles. The highest BCUT2D eigenvalue weighted by molar-refractivity contribution is 5.95. The van der Waals surface area contributed by atoms with Gasteiger partial charge in [-0.3, -0.25) is 0 Å². The van der Waals surface area contributed by atoms with Gasteiger partial charge in [0.2, 0.25) is 0 Å². The Balaban J connectivity index is 1.78.